The van der Waals surface area contributed by atoms with Gasteiger partial charge >= 0.3 is 5.97 Å². The fraction of sp³-hybridized carbons (Fsp3) is 0.333. The second-order valence-corrected chi connectivity index (χ2v) is 4.39. The highest BCUT2D eigenvalue weighted by Crippen LogP contribution is 2.19. The Morgan fingerprint density at radius 2 is 2.00 bits per heavy atom. The first-order valence-corrected chi connectivity index (χ1v) is 6.81. The van der Waals surface area contributed by atoms with E-state index in [1.807, 2.05) is 37.3 Å². The van der Waals surface area contributed by atoms with Crippen LogP contribution < -0.4 is 4.74 Å². The Labute approximate surface area is 122 Å². The number of carboxylic acid groups (broad SMARTS) is 1. The Morgan fingerprint density at radius 3 is 2.67 bits per heavy atom. The fourth-order valence-corrected chi connectivity index (χ4v) is 1.78. The van der Waals surface area contributed by atoms with Crippen molar-refractivity contribution in [3.05, 3.63) is 42.2 Å². The topological polar surface area (TPSA) is 73.6 Å². The van der Waals surface area contributed by atoms with Gasteiger partial charge in [-0.05, 0) is 18.6 Å². The molecule has 0 unspecified atom stereocenters. The molecule has 1 N–H and O–H groups in total. The summed E-state index contributed by atoms with van der Waals surface area (Å²) in [6, 6.07) is 9.28. The van der Waals surface area contributed by atoms with Crippen molar-refractivity contribution < 1.29 is 19.4 Å². The predicted octanol–water partition coefficient (Wildman–Crippen LogP) is 2.38. The van der Waals surface area contributed by atoms with Gasteiger partial charge in [-0.2, -0.15) is 5.10 Å². The molecule has 2 rings (SSSR count). The fourth-order valence-electron chi connectivity index (χ4n) is 1.78. The van der Waals surface area contributed by atoms with Gasteiger partial charge in [0.1, 0.15) is 6.61 Å². The monoisotopic (exact) mass is 290 g/mol. The van der Waals surface area contributed by atoms with E-state index in [0.717, 1.165) is 12.1 Å². The summed E-state index contributed by atoms with van der Waals surface area (Å²) >= 11 is 0. The molecule has 1 heterocycles. The van der Waals surface area contributed by atoms with Crippen LogP contribution in [-0.2, 0) is 4.74 Å². The lowest BCUT2D eigenvalue weighted by atomic mass is 10.3. The molecular weight excluding hydrogens is 272 g/mol. The number of benzene rings is 1. The van der Waals surface area contributed by atoms with Crippen molar-refractivity contribution in [3.63, 3.8) is 0 Å². The van der Waals surface area contributed by atoms with Crippen molar-refractivity contribution in [2.45, 2.75) is 13.3 Å². The van der Waals surface area contributed by atoms with E-state index in [4.69, 9.17) is 9.47 Å². The first-order valence-electron chi connectivity index (χ1n) is 6.81. The minimum Gasteiger partial charge on any atom is -0.487 e. The van der Waals surface area contributed by atoms with Crippen LogP contribution >= 0.6 is 0 Å². The number of carboxylic acids is 1. The molecule has 0 aliphatic rings. The molecule has 0 radical (unpaired) electrons. The number of aromatic nitrogens is 2. The van der Waals surface area contributed by atoms with E-state index in [1.165, 1.54) is 4.68 Å². The van der Waals surface area contributed by atoms with Crippen LogP contribution in [0.1, 0.15) is 23.8 Å². The van der Waals surface area contributed by atoms with Crippen molar-refractivity contribution in [3.8, 4) is 11.4 Å². The number of nitrogens with zero attached hydrogens (tertiary/aromatic N) is 2. The first kappa shape index (κ1) is 15.1. The molecular formula is C15H18N2O4. The number of hydrogen-bond donors (Lipinski definition) is 1. The maximum atomic E-state index is 11.2. The summed E-state index contributed by atoms with van der Waals surface area (Å²) < 4.78 is 12.2. The van der Waals surface area contributed by atoms with Crippen LogP contribution in [0.25, 0.3) is 5.69 Å². The molecule has 0 saturated heterocycles. The number of hydrogen-bond acceptors (Lipinski definition) is 4. The number of ether oxygens (including phenoxy) is 2. The van der Waals surface area contributed by atoms with Crippen LogP contribution in [0.5, 0.6) is 5.75 Å². The molecule has 6 nitrogen and oxygen atoms in total. The summed E-state index contributed by atoms with van der Waals surface area (Å²) in [5.74, 6) is -0.874. The summed E-state index contributed by atoms with van der Waals surface area (Å²) in [6.07, 6.45) is 2.50. The van der Waals surface area contributed by atoms with Crippen LogP contribution in [0, 0.1) is 0 Å². The number of para-hydroxylation sites is 1. The van der Waals surface area contributed by atoms with E-state index in [2.05, 4.69) is 5.10 Å². The van der Waals surface area contributed by atoms with Gasteiger partial charge in [-0.25, -0.2) is 9.48 Å². The number of aromatic carboxylic acids is 1. The molecule has 0 aliphatic heterocycles. The van der Waals surface area contributed by atoms with Crippen LogP contribution in [0.15, 0.2) is 36.5 Å². The molecule has 0 aliphatic carbocycles. The summed E-state index contributed by atoms with van der Waals surface area (Å²) in [6.45, 7) is 3.40. The zero-order valence-corrected chi connectivity index (χ0v) is 11.9. The van der Waals surface area contributed by atoms with Crippen LogP contribution in [-0.4, -0.2) is 40.7 Å². The highest BCUT2D eigenvalue weighted by Gasteiger charge is 2.17. The number of rotatable bonds is 8. The third kappa shape index (κ3) is 4.06. The van der Waals surface area contributed by atoms with Gasteiger partial charge in [0.15, 0.2) is 5.75 Å². The van der Waals surface area contributed by atoms with Gasteiger partial charge in [0.05, 0.1) is 18.5 Å². The predicted molar refractivity (Wildman–Crippen MR) is 77.1 cm³/mol. The van der Waals surface area contributed by atoms with E-state index in [1.54, 1.807) is 6.20 Å². The minimum atomic E-state index is -1.12. The Balaban J connectivity index is 2.09. The highest BCUT2D eigenvalue weighted by atomic mass is 16.5. The average molecular weight is 290 g/mol. The molecule has 0 amide bonds. The lowest BCUT2D eigenvalue weighted by Crippen LogP contribution is -2.09. The average Bonchev–Trinajstić information content (AvgIpc) is 2.92. The van der Waals surface area contributed by atoms with Gasteiger partial charge in [-0.15, -0.1) is 0 Å². The van der Waals surface area contributed by atoms with Crippen molar-refractivity contribution in [2.24, 2.45) is 0 Å². The third-order valence-corrected chi connectivity index (χ3v) is 2.74. The third-order valence-electron chi connectivity index (χ3n) is 2.74. The molecule has 6 heteroatoms. The van der Waals surface area contributed by atoms with Crippen molar-refractivity contribution >= 4 is 5.97 Å². The molecule has 0 bridgehead atoms. The summed E-state index contributed by atoms with van der Waals surface area (Å²) in [4.78, 5) is 11.2. The summed E-state index contributed by atoms with van der Waals surface area (Å²) in [5, 5.41) is 13.2. The normalized spacial score (nSPS) is 10.5. The summed E-state index contributed by atoms with van der Waals surface area (Å²) in [7, 11) is 0. The zero-order chi connectivity index (χ0) is 15.1. The Kier molecular flexibility index (Phi) is 5.34. The quantitative estimate of drug-likeness (QED) is 0.756. The van der Waals surface area contributed by atoms with Gasteiger partial charge in [-0.1, -0.05) is 25.1 Å². The molecule has 21 heavy (non-hydrogen) atoms. The molecule has 112 valence electrons. The first-order chi connectivity index (χ1) is 10.2. The molecule has 0 spiro atoms. The Bertz CT molecular complexity index is 581. The lowest BCUT2D eigenvalue weighted by molar-refractivity contribution is 0.0679. The van der Waals surface area contributed by atoms with Crippen molar-refractivity contribution in [1.82, 2.24) is 9.78 Å². The second-order valence-electron chi connectivity index (χ2n) is 4.39. The van der Waals surface area contributed by atoms with Gasteiger partial charge in [0.25, 0.3) is 0 Å². The smallest absolute Gasteiger partial charge is 0.360 e. The minimum absolute atomic E-state index is 0.102. The van der Waals surface area contributed by atoms with Crippen molar-refractivity contribution in [1.29, 1.82) is 0 Å². The van der Waals surface area contributed by atoms with Crippen molar-refractivity contribution in [2.75, 3.05) is 19.8 Å². The Morgan fingerprint density at radius 1 is 1.24 bits per heavy atom. The highest BCUT2D eigenvalue weighted by molar-refractivity contribution is 5.88. The van der Waals surface area contributed by atoms with E-state index in [0.29, 0.717) is 19.8 Å². The Hall–Kier alpha value is -2.34. The van der Waals surface area contributed by atoms with E-state index < -0.39 is 5.97 Å². The SMILES string of the molecule is CCCOCCOc1cn(-c2ccccc2)nc1C(=O)O. The van der Waals surface area contributed by atoms with Gasteiger partial charge in [0.2, 0.25) is 5.69 Å². The number of carbonyl (C=O) groups is 1. The van der Waals surface area contributed by atoms with Crippen LogP contribution in [0.4, 0.5) is 0 Å². The maximum absolute atomic E-state index is 11.2. The zero-order valence-electron chi connectivity index (χ0n) is 11.9. The standard InChI is InChI=1S/C15H18N2O4/c1-2-8-20-9-10-21-13-11-17(16-14(13)15(18)19)12-6-4-3-5-7-12/h3-7,11H,2,8-10H2,1H3,(H,18,19). The largest absolute Gasteiger partial charge is 0.487 e. The van der Waals surface area contributed by atoms with Gasteiger partial charge < -0.3 is 14.6 Å². The maximum Gasteiger partial charge on any atom is 0.360 e. The molecule has 2 aromatic rings. The van der Waals surface area contributed by atoms with Crippen LogP contribution in [0.2, 0.25) is 0 Å². The van der Waals surface area contributed by atoms with E-state index in [-0.39, 0.29) is 11.4 Å². The molecule has 1 aromatic heterocycles. The second kappa shape index (κ2) is 7.44. The molecule has 1 aromatic carbocycles. The lowest BCUT2D eigenvalue weighted by Gasteiger charge is -2.04. The van der Waals surface area contributed by atoms with Crippen LogP contribution in [0.3, 0.4) is 0 Å². The molecule has 0 saturated carbocycles. The van der Waals surface area contributed by atoms with Gasteiger partial charge in [-0.3, -0.25) is 0 Å². The van der Waals surface area contributed by atoms with Gasteiger partial charge in [0, 0.05) is 6.61 Å². The molecule has 0 fully saturated rings. The van der Waals surface area contributed by atoms with E-state index in [9.17, 15) is 9.90 Å². The summed E-state index contributed by atoms with van der Waals surface area (Å²) in [5.41, 5.74) is 0.673. The van der Waals surface area contributed by atoms with E-state index >= 15 is 0 Å². The molecule has 0 atom stereocenters.